The summed E-state index contributed by atoms with van der Waals surface area (Å²) in [5.74, 6) is 0.959. The molecule has 2 aromatic rings. The van der Waals surface area contributed by atoms with E-state index >= 15 is 0 Å². The number of hydrogen-bond donors (Lipinski definition) is 1. The van der Waals surface area contributed by atoms with Crippen LogP contribution >= 0.6 is 15.9 Å². The quantitative estimate of drug-likeness (QED) is 0.888. The van der Waals surface area contributed by atoms with Crippen LogP contribution in [0.3, 0.4) is 0 Å². The highest BCUT2D eigenvalue weighted by molar-refractivity contribution is 9.10. The van der Waals surface area contributed by atoms with Gasteiger partial charge in [0.15, 0.2) is 0 Å². The summed E-state index contributed by atoms with van der Waals surface area (Å²) in [7, 11) is 0. The number of nitrogens with two attached hydrogens (primary N) is 1. The molecule has 0 fully saturated rings. The largest absolute Gasteiger partial charge is 0.488 e. The molecule has 1 atom stereocenters. The third kappa shape index (κ3) is 3.84. The highest BCUT2D eigenvalue weighted by Gasteiger charge is 2.09. The minimum atomic E-state index is 0.127. The second-order valence-electron chi connectivity index (χ2n) is 5.12. The second kappa shape index (κ2) is 6.91. The van der Waals surface area contributed by atoms with Gasteiger partial charge in [0.05, 0.1) is 0 Å². The van der Waals surface area contributed by atoms with Crippen molar-refractivity contribution in [1.29, 1.82) is 0 Å². The summed E-state index contributed by atoms with van der Waals surface area (Å²) in [4.78, 5) is 0. The third-order valence-corrected chi connectivity index (χ3v) is 3.94. The maximum atomic E-state index is 6.05. The Hall–Kier alpha value is -1.32. The predicted octanol–water partition coefficient (Wildman–Crippen LogP) is 4.23. The van der Waals surface area contributed by atoms with Crippen molar-refractivity contribution in [3.05, 3.63) is 63.6 Å². The number of hydrogen-bond acceptors (Lipinski definition) is 2. The van der Waals surface area contributed by atoms with E-state index in [2.05, 4.69) is 47.1 Å². The molecular weight excluding hydrogens is 314 g/mol. The number of ether oxygens (including phenoxy) is 1. The van der Waals surface area contributed by atoms with Gasteiger partial charge in [-0.1, -0.05) is 52.3 Å². The van der Waals surface area contributed by atoms with Gasteiger partial charge in [-0.05, 0) is 37.5 Å². The zero-order valence-corrected chi connectivity index (χ0v) is 13.5. The smallest absolute Gasteiger partial charge is 0.125 e. The van der Waals surface area contributed by atoms with Crippen LogP contribution in [0, 0.1) is 6.92 Å². The van der Waals surface area contributed by atoms with Gasteiger partial charge in [-0.2, -0.15) is 0 Å². The summed E-state index contributed by atoms with van der Waals surface area (Å²) < 4.78 is 7.12. The molecule has 1 unspecified atom stereocenters. The van der Waals surface area contributed by atoms with Gasteiger partial charge in [-0.25, -0.2) is 0 Å². The van der Waals surface area contributed by atoms with E-state index in [9.17, 15) is 0 Å². The standard InChI is InChI=1S/C17H20BrNO/c1-12-6-5-8-14(10-13(2)19)17(12)20-11-15-7-3-4-9-16(15)18/h3-9,13H,10-11,19H2,1-2H3. The molecule has 106 valence electrons. The predicted molar refractivity (Wildman–Crippen MR) is 87.0 cm³/mol. The molecule has 0 aliphatic rings. The third-order valence-electron chi connectivity index (χ3n) is 3.17. The van der Waals surface area contributed by atoms with Gasteiger partial charge in [0.1, 0.15) is 12.4 Å². The molecule has 0 aliphatic carbocycles. The Morgan fingerprint density at radius 1 is 1.10 bits per heavy atom. The van der Waals surface area contributed by atoms with Gasteiger partial charge in [0, 0.05) is 16.1 Å². The maximum Gasteiger partial charge on any atom is 0.125 e. The topological polar surface area (TPSA) is 35.2 Å². The van der Waals surface area contributed by atoms with Crippen LogP contribution in [0.4, 0.5) is 0 Å². The van der Waals surface area contributed by atoms with Crippen LogP contribution in [0.2, 0.25) is 0 Å². The van der Waals surface area contributed by atoms with Crippen molar-refractivity contribution in [3.8, 4) is 5.75 Å². The zero-order valence-electron chi connectivity index (χ0n) is 11.9. The maximum absolute atomic E-state index is 6.05. The fraction of sp³-hybridized carbons (Fsp3) is 0.294. The Bertz CT molecular complexity index is 581. The molecule has 0 spiro atoms. The van der Waals surface area contributed by atoms with Crippen molar-refractivity contribution in [2.45, 2.75) is 32.9 Å². The lowest BCUT2D eigenvalue weighted by atomic mass is 10.0. The number of rotatable bonds is 5. The van der Waals surface area contributed by atoms with E-state index in [1.807, 2.05) is 25.1 Å². The average molecular weight is 334 g/mol. The number of benzene rings is 2. The molecule has 0 bridgehead atoms. The molecule has 0 heterocycles. The van der Waals surface area contributed by atoms with E-state index in [0.717, 1.165) is 27.8 Å². The zero-order chi connectivity index (χ0) is 14.5. The van der Waals surface area contributed by atoms with E-state index in [4.69, 9.17) is 10.5 Å². The first kappa shape index (κ1) is 15.1. The van der Waals surface area contributed by atoms with Crippen molar-refractivity contribution in [2.24, 2.45) is 5.73 Å². The van der Waals surface area contributed by atoms with Crippen LogP contribution < -0.4 is 10.5 Å². The van der Waals surface area contributed by atoms with Gasteiger partial charge in [-0.3, -0.25) is 0 Å². The lowest BCUT2D eigenvalue weighted by Gasteiger charge is -2.16. The summed E-state index contributed by atoms with van der Waals surface area (Å²) >= 11 is 3.55. The van der Waals surface area contributed by atoms with Crippen LogP contribution in [-0.2, 0) is 13.0 Å². The fourth-order valence-corrected chi connectivity index (χ4v) is 2.59. The van der Waals surface area contributed by atoms with Crippen molar-refractivity contribution >= 4 is 15.9 Å². The Morgan fingerprint density at radius 3 is 2.50 bits per heavy atom. The van der Waals surface area contributed by atoms with Gasteiger partial charge < -0.3 is 10.5 Å². The lowest BCUT2D eigenvalue weighted by molar-refractivity contribution is 0.299. The van der Waals surface area contributed by atoms with E-state index in [0.29, 0.717) is 6.61 Å². The minimum absolute atomic E-state index is 0.127. The molecule has 2 N–H and O–H groups in total. The first-order valence-corrected chi connectivity index (χ1v) is 7.57. The summed E-state index contributed by atoms with van der Waals surface area (Å²) in [6.45, 7) is 4.64. The number of halogens is 1. The van der Waals surface area contributed by atoms with Gasteiger partial charge in [0.2, 0.25) is 0 Å². The van der Waals surface area contributed by atoms with Gasteiger partial charge in [-0.15, -0.1) is 0 Å². The second-order valence-corrected chi connectivity index (χ2v) is 5.98. The summed E-state index contributed by atoms with van der Waals surface area (Å²) in [5.41, 5.74) is 9.37. The van der Waals surface area contributed by atoms with Crippen molar-refractivity contribution in [2.75, 3.05) is 0 Å². The molecular formula is C17H20BrNO. The minimum Gasteiger partial charge on any atom is -0.488 e. The summed E-state index contributed by atoms with van der Waals surface area (Å²) in [5, 5.41) is 0. The average Bonchev–Trinajstić information content (AvgIpc) is 2.39. The normalized spacial score (nSPS) is 12.2. The molecule has 0 saturated heterocycles. The SMILES string of the molecule is Cc1cccc(CC(C)N)c1OCc1ccccc1Br. The fourth-order valence-electron chi connectivity index (χ4n) is 2.19. The van der Waals surface area contributed by atoms with Crippen molar-refractivity contribution in [3.63, 3.8) is 0 Å². The van der Waals surface area contributed by atoms with Crippen LogP contribution in [0.1, 0.15) is 23.6 Å². The van der Waals surface area contributed by atoms with Crippen LogP contribution in [-0.4, -0.2) is 6.04 Å². The van der Waals surface area contributed by atoms with Crippen molar-refractivity contribution < 1.29 is 4.74 Å². The van der Waals surface area contributed by atoms with E-state index in [-0.39, 0.29) is 6.04 Å². The van der Waals surface area contributed by atoms with E-state index in [1.54, 1.807) is 0 Å². The van der Waals surface area contributed by atoms with Crippen LogP contribution in [0.15, 0.2) is 46.9 Å². The number of para-hydroxylation sites is 1. The molecule has 0 amide bonds. The first-order valence-electron chi connectivity index (χ1n) is 6.78. The van der Waals surface area contributed by atoms with E-state index < -0.39 is 0 Å². The lowest BCUT2D eigenvalue weighted by Crippen LogP contribution is -2.18. The molecule has 20 heavy (non-hydrogen) atoms. The Kier molecular flexibility index (Phi) is 5.21. The Morgan fingerprint density at radius 2 is 1.80 bits per heavy atom. The van der Waals surface area contributed by atoms with Gasteiger partial charge >= 0.3 is 0 Å². The molecule has 2 rings (SSSR count). The van der Waals surface area contributed by atoms with Crippen LogP contribution in [0.5, 0.6) is 5.75 Å². The summed E-state index contributed by atoms with van der Waals surface area (Å²) in [6.07, 6.45) is 0.826. The first-order chi connectivity index (χ1) is 9.58. The van der Waals surface area contributed by atoms with E-state index in [1.165, 1.54) is 5.56 Å². The molecule has 2 aromatic carbocycles. The molecule has 2 nitrogen and oxygen atoms in total. The molecule has 0 saturated carbocycles. The van der Waals surface area contributed by atoms with Crippen LogP contribution in [0.25, 0.3) is 0 Å². The summed E-state index contributed by atoms with van der Waals surface area (Å²) in [6, 6.07) is 14.5. The molecule has 0 aliphatic heterocycles. The molecule has 3 heteroatoms. The Balaban J connectivity index is 2.18. The monoisotopic (exact) mass is 333 g/mol. The van der Waals surface area contributed by atoms with Crippen molar-refractivity contribution in [1.82, 2.24) is 0 Å². The Labute approximate surface area is 129 Å². The molecule has 0 radical (unpaired) electrons. The van der Waals surface area contributed by atoms with Gasteiger partial charge in [0.25, 0.3) is 0 Å². The molecule has 0 aromatic heterocycles. The highest BCUT2D eigenvalue weighted by Crippen LogP contribution is 2.26. The number of aryl methyl sites for hydroxylation is 1. The highest BCUT2D eigenvalue weighted by atomic mass is 79.9.